The van der Waals surface area contributed by atoms with Gasteiger partial charge in [-0.15, -0.1) is 0 Å². The summed E-state index contributed by atoms with van der Waals surface area (Å²) in [6.45, 7) is 0. The third-order valence-electron chi connectivity index (χ3n) is 2.09. The molecule has 0 aliphatic rings. The Morgan fingerprint density at radius 1 is 1.17 bits per heavy atom. The summed E-state index contributed by atoms with van der Waals surface area (Å²) in [5, 5.41) is 5.36. The number of hydrogen-bond acceptors (Lipinski definition) is 2. The molecule has 2 N–H and O–H groups in total. The summed E-state index contributed by atoms with van der Waals surface area (Å²) in [5.41, 5.74) is 0.473. The Labute approximate surface area is 108 Å². The normalized spacial score (nSPS) is 9.89. The first-order valence-corrected chi connectivity index (χ1v) is 5.47. The lowest BCUT2D eigenvalue weighted by atomic mass is 10.3. The Bertz CT molecular complexity index is 560. The van der Waals surface area contributed by atoms with Crippen molar-refractivity contribution in [2.24, 2.45) is 0 Å². The first-order valence-electron chi connectivity index (χ1n) is 5.09. The van der Waals surface area contributed by atoms with Crippen molar-refractivity contribution in [3.63, 3.8) is 0 Å². The molecule has 0 fully saturated rings. The molecule has 0 atom stereocenters. The van der Waals surface area contributed by atoms with Gasteiger partial charge in [0.1, 0.15) is 5.82 Å². The lowest BCUT2D eigenvalue weighted by Gasteiger charge is -2.07. The molecule has 0 saturated heterocycles. The van der Waals surface area contributed by atoms with E-state index in [1.54, 1.807) is 12.1 Å². The summed E-state index contributed by atoms with van der Waals surface area (Å²) in [6.07, 6.45) is 1.51. The molecule has 0 saturated carbocycles. The van der Waals surface area contributed by atoms with Gasteiger partial charge in [-0.05, 0) is 36.4 Å². The standard InChI is InChI=1S/C12H9ClFN3O/c13-10-2-1-7-15-11(10)17-12(18)16-9-5-3-8(14)4-6-9/h1-7H,(H2,15,16,17,18). The second-order valence-electron chi connectivity index (χ2n) is 3.42. The van der Waals surface area contributed by atoms with Crippen LogP contribution in [-0.4, -0.2) is 11.0 Å². The van der Waals surface area contributed by atoms with Gasteiger partial charge >= 0.3 is 6.03 Å². The van der Waals surface area contributed by atoms with Crippen LogP contribution in [0.4, 0.5) is 20.7 Å². The van der Waals surface area contributed by atoms with Gasteiger partial charge in [0.05, 0.1) is 5.02 Å². The maximum absolute atomic E-state index is 12.7. The number of nitrogens with zero attached hydrogens (tertiary/aromatic N) is 1. The highest BCUT2D eigenvalue weighted by Crippen LogP contribution is 2.17. The predicted octanol–water partition coefficient (Wildman–Crippen LogP) is 3.52. The van der Waals surface area contributed by atoms with Crippen molar-refractivity contribution in [2.75, 3.05) is 10.6 Å². The smallest absolute Gasteiger partial charge is 0.308 e. The van der Waals surface area contributed by atoms with Gasteiger partial charge in [-0.1, -0.05) is 11.6 Å². The number of carbonyl (C=O) groups excluding carboxylic acids is 1. The van der Waals surface area contributed by atoms with E-state index in [4.69, 9.17) is 11.6 Å². The quantitative estimate of drug-likeness (QED) is 0.873. The zero-order valence-electron chi connectivity index (χ0n) is 9.15. The number of rotatable bonds is 2. The van der Waals surface area contributed by atoms with Crippen LogP contribution in [0.3, 0.4) is 0 Å². The van der Waals surface area contributed by atoms with Gasteiger partial charge in [-0.2, -0.15) is 0 Å². The van der Waals surface area contributed by atoms with Crippen molar-refractivity contribution < 1.29 is 9.18 Å². The van der Waals surface area contributed by atoms with Crippen LogP contribution in [0.5, 0.6) is 0 Å². The third-order valence-corrected chi connectivity index (χ3v) is 2.40. The molecule has 1 heterocycles. The van der Waals surface area contributed by atoms with Crippen LogP contribution in [0.25, 0.3) is 0 Å². The fraction of sp³-hybridized carbons (Fsp3) is 0. The highest BCUT2D eigenvalue weighted by Gasteiger charge is 2.06. The van der Waals surface area contributed by atoms with Crippen molar-refractivity contribution in [2.45, 2.75) is 0 Å². The molecule has 4 nitrogen and oxygen atoms in total. The highest BCUT2D eigenvalue weighted by molar-refractivity contribution is 6.33. The van der Waals surface area contributed by atoms with E-state index >= 15 is 0 Å². The summed E-state index contributed by atoms with van der Waals surface area (Å²) in [6, 6.07) is 8.19. The maximum atomic E-state index is 12.7. The zero-order chi connectivity index (χ0) is 13.0. The minimum absolute atomic E-state index is 0.263. The van der Waals surface area contributed by atoms with E-state index in [0.29, 0.717) is 10.7 Å². The molecule has 18 heavy (non-hydrogen) atoms. The van der Waals surface area contributed by atoms with Gasteiger partial charge in [0.2, 0.25) is 0 Å². The van der Waals surface area contributed by atoms with Gasteiger partial charge in [-0.3, -0.25) is 5.32 Å². The lowest BCUT2D eigenvalue weighted by Crippen LogP contribution is -2.20. The molecule has 2 rings (SSSR count). The molecule has 6 heteroatoms. The molecule has 0 spiro atoms. The fourth-order valence-corrected chi connectivity index (χ4v) is 1.45. The van der Waals surface area contributed by atoms with E-state index in [9.17, 15) is 9.18 Å². The number of anilines is 2. The van der Waals surface area contributed by atoms with Crippen LogP contribution < -0.4 is 10.6 Å². The number of pyridine rings is 1. The van der Waals surface area contributed by atoms with E-state index < -0.39 is 6.03 Å². The second kappa shape index (κ2) is 5.46. The molecule has 1 aromatic heterocycles. The molecular weight excluding hydrogens is 257 g/mol. The average molecular weight is 266 g/mol. The Kier molecular flexibility index (Phi) is 3.74. The number of urea groups is 1. The van der Waals surface area contributed by atoms with Crippen LogP contribution in [0.1, 0.15) is 0 Å². The second-order valence-corrected chi connectivity index (χ2v) is 3.83. The van der Waals surface area contributed by atoms with Crippen molar-refractivity contribution in [1.82, 2.24) is 4.98 Å². The van der Waals surface area contributed by atoms with Gasteiger partial charge in [0.15, 0.2) is 5.82 Å². The molecule has 0 aliphatic carbocycles. The molecule has 2 amide bonds. The number of nitrogens with one attached hydrogen (secondary N) is 2. The number of aromatic nitrogens is 1. The summed E-state index contributed by atoms with van der Waals surface area (Å²) < 4.78 is 12.7. The van der Waals surface area contributed by atoms with Crippen LogP contribution in [-0.2, 0) is 0 Å². The molecule has 0 radical (unpaired) electrons. The van der Waals surface area contributed by atoms with Gasteiger partial charge in [-0.25, -0.2) is 14.2 Å². The third kappa shape index (κ3) is 3.18. The number of benzene rings is 1. The average Bonchev–Trinajstić information content (AvgIpc) is 2.35. The molecule has 0 unspecified atom stereocenters. The topological polar surface area (TPSA) is 54.0 Å². The molecule has 1 aromatic carbocycles. The summed E-state index contributed by atoms with van der Waals surface area (Å²) >= 11 is 5.84. The van der Waals surface area contributed by atoms with E-state index in [2.05, 4.69) is 15.6 Å². The first kappa shape index (κ1) is 12.3. The van der Waals surface area contributed by atoms with E-state index in [1.807, 2.05) is 0 Å². The van der Waals surface area contributed by atoms with Crippen LogP contribution >= 0.6 is 11.6 Å². The van der Waals surface area contributed by atoms with Gasteiger partial charge in [0.25, 0.3) is 0 Å². The first-order chi connectivity index (χ1) is 8.65. The van der Waals surface area contributed by atoms with Crippen molar-refractivity contribution in [3.8, 4) is 0 Å². The highest BCUT2D eigenvalue weighted by atomic mass is 35.5. The number of halogens is 2. The number of amides is 2. The molecule has 0 aliphatic heterocycles. The van der Waals surface area contributed by atoms with Crippen LogP contribution in [0, 0.1) is 5.82 Å². The Morgan fingerprint density at radius 3 is 2.56 bits per heavy atom. The molecular formula is C12H9ClFN3O. The van der Waals surface area contributed by atoms with Crippen LogP contribution in [0.15, 0.2) is 42.6 Å². The minimum atomic E-state index is -0.498. The van der Waals surface area contributed by atoms with Crippen molar-refractivity contribution >= 4 is 29.1 Å². The van der Waals surface area contributed by atoms with E-state index in [-0.39, 0.29) is 11.6 Å². The molecule has 2 aromatic rings. The molecule has 92 valence electrons. The lowest BCUT2D eigenvalue weighted by molar-refractivity contribution is 0.262. The van der Waals surface area contributed by atoms with E-state index in [0.717, 1.165) is 0 Å². The van der Waals surface area contributed by atoms with Gasteiger partial charge in [0, 0.05) is 11.9 Å². The van der Waals surface area contributed by atoms with E-state index in [1.165, 1.54) is 30.5 Å². The summed E-state index contributed by atoms with van der Waals surface area (Å²) in [4.78, 5) is 15.5. The van der Waals surface area contributed by atoms with Gasteiger partial charge < -0.3 is 5.32 Å². The zero-order valence-corrected chi connectivity index (χ0v) is 9.91. The minimum Gasteiger partial charge on any atom is -0.308 e. The monoisotopic (exact) mass is 265 g/mol. The largest absolute Gasteiger partial charge is 0.324 e. The van der Waals surface area contributed by atoms with Crippen molar-refractivity contribution in [3.05, 3.63) is 53.4 Å². The Morgan fingerprint density at radius 2 is 1.89 bits per heavy atom. The Balaban J connectivity index is 2.01. The SMILES string of the molecule is O=C(Nc1ccc(F)cc1)Nc1ncccc1Cl. The van der Waals surface area contributed by atoms with Crippen molar-refractivity contribution in [1.29, 1.82) is 0 Å². The van der Waals surface area contributed by atoms with Crippen LogP contribution in [0.2, 0.25) is 5.02 Å². The Hall–Kier alpha value is -2.14. The summed E-state index contributed by atoms with van der Waals surface area (Å²) in [7, 11) is 0. The number of carbonyl (C=O) groups is 1. The molecule has 0 bridgehead atoms. The fourth-order valence-electron chi connectivity index (χ4n) is 1.28. The summed E-state index contributed by atoms with van der Waals surface area (Å²) in [5.74, 6) is -0.104. The number of hydrogen-bond donors (Lipinski definition) is 2. The maximum Gasteiger partial charge on any atom is 0.324 e. The predicted molar refractivity (Wildman–Crippen MR) is 68.3 cm³/mol.